The summed E-state index contributed by atoms with van der Waals surface area (Å²) in [6.45, 7) is 2.85. The molecule has 0 aromatic heterocycles. The molecule has 2 rings (SSSR count). The number of nitrogens with zero attached hydrogens (tertiary/aromatic N) is 1. The van der Waals surface area contributed by atoms with Crippen molar-refractivity contribution in [2.45, 2.75) is 12.8 Å². The molecule has 0 heterocycles. The van der Waals surface area contributed by atoms with Crippen LogP contribution in [0.15, 0.2) is 46.9 Å². The van der Waals surface area contributed by atoms with Gasteiger partial charge in [-0.05, 0) is 55.0 Å². The highest BCUT2D eigenvalue weighted by molar-refractivity contribution is 9.10. The first-order valence-corrected chi connectivity index (χ1v) is 7.36. The molecule has 0 N–H and O–H groups in total. The first kappa shape index (κ1) is 14.4. The van der Waals surface area contributed by atoms with Gasteiger partial charge in [0.05, 0.1) is 0 Å². The fraction of sp³-hybridized carbons (Fsp3) is 0.200. The van der Waals surface area contributed by atoms with E-state index in [1.807, 2.05) is 18.2 Å². The molecule has 0 radical (unpaired) electrons. The van der Waals surface area contributed by atoms with E-state index in [9.17, 15) is 4.39 Å². The maximum atomic E-state index is 13.0. The molecule has 0 aliphatic heterocycles. The fourth-order valence-electron chi connectivity index (χ4n) is 2.04. The van der Waals surface area contributed by atoms with Crippen molar-refractivity contribution in [2.75, 3.05) is 11.4 Å². The number of benzene rings is 2. The van der Waals surface area contributed by atoms with Crippen LogP contribution in [0.25, 0.3) is 0 Å². The minimum Gasteiger partial charge on any atom is -0.342 e. The topological polar surface area (TPSA) is 3.24 Å². The summed E-state index contributed by atoms with van der Waals surface area (Å²) in [5, 5.41) is 0. The van der Waals surface area contributed by atoms with Crippen LogP contribution in [0.1, 0.15) is 12.5 Å². The van der Waals surface area contributed by atoms with Crippen molar-refractivity contribution in [3.05, 3.63) is 58.3 Å². The molecule has 0 saturated carbocycles. The van der Waals surface area contributed by atoms with Gasteiger partial charge >= 0.3 is 0 Å². The van der Waals surface area contributed by atoms with Crippen molar-refractivity contribution in [3.63, 3.8) is 0 Å². The smallest absolute Gasteiger partial charge is 0.123 e. The summed E-state index contributed by atoms with van der Waals surface area (Å²) in [6.07, 6.45) is 0. The highest BCUT2D eigenvalue weighted by atomic mass is 79.9. The highest BCUT2D eigenvalue weighted by Crippen LogP contribution is 2.31. The van der Waals surface area contributed by atoms with Crippen LogP contribution in [0.3, 0.4) is 0 Å². The van der Waals surface area contributed by atoms with Gasteiger partial charge in [-0.15, -0.1) is 11.6 Å². The SMILES string of the molecule is CCN(c1ccc(F)cc1)c1ccc(Br)cc1CCl. The van der Waals surface area contributed by atoms with E-state index in [4.69, 9.17) is 11.6 Å². The van der Waals surface area contributed by atoms with Crippen molar-refractivity contribution in [2.24, 2.45) is 0 Å². The van der Waals surface area contributed by atoms with Crippen LogP contribution in [-0.2, 0) is 5.88 Å². The van der Waals surface area contributed by atoms with Gasteiger partial charge in [0.25, 0.3) is 0 Å². The molecule has 0 aliphatic rings. The summed E-state index contributed by atoms with van der Waals surface area (Å²) in [5.41, 5.74) is 3.05. The van der Waals surface area contributed by atoms with Crippen LogP contribution < -0.4 is 4.90 Å². The van der Waals surface area contributed by atoms with Crippen molar-refractivity contribution in [1.82, 2.24) is 0 Å². The molecule has 1 nitrogen and oxygen atoms in total. The Morgan fingerprint density at radius 2 is 1.84 bits per heavy atom. The molecule has 0 aliphatic carbocycles. The molecular formula is C15H14BrClFN. The predicted octanol–water partition coefficient (Wildman–Crippen LogP) is 5.49. The normalized spacial score (nSPS) is 10.5. The Bertz CT molecular complexity index is 557. The van der Waals surface area contributed by atoms with E-state index in [1.165, 1.54) is 12.1 Å². The molecule has 0 amide bonds. The Morgan fingerprint density at radius 3 is 2.42 bits per heavy atom. The lowest BCUT2D eigenvalue weighted by Crippen LogP contribution is -2.17. The molecule has 2 aromatic carbocycles. The molecule has 2 aromatic rings. The van der Waals surface area contributed by atoms with E-state index in [-0.39, 0.29) is 5.82 Å². The van der Waals surface area contributed by atoms with Gasteiger partial charge in [-0.1, -0.05) is 15.9 Å². The van der Waals surface area contributed by atoms with Crippen LogP contribution in [0, 0.1) is 5.82 Å². The molecule has 4 heteroatoms. The van der Waals surface area contributed by atoms with E-state index in [2.05, 4.69) is 27.8 Å². The molecule has 0 unspecified atom stereocenters. The van der Waals surface area contributed by atoms with Gasteiger partial charge in [0, 0.05) is 28.3 Å². The maximum Gasteiger partial charge on any atom is 0.123 e. The average Bonchev–Trinajstić information content (AvgIpc) is 2.43. The summed E-state index contributed by atoms with van der Waals surface area (Å²) < 4.78 is 14.0. The number of halogens is 3. The standard InChI is InChI=1S/C15H14BrClFN/c1-2-19(14-6-4-13(18)5-7-14)15-8-3-12(16)9-11(15)10-17/h3-9H,2,10H2,1H3. The zero-order valence-electron chi connectivity index (χ0n) is 10.5. The summed E-state index contributed by atoms with van der Waals surface area (Å²) in [6, 6.07) is 12.5. The maximum absolute atomic E-state index is 13.0. The molecule has 0 spiro atoms. The van der Waals surface area contributed by atoms with Gasteiger partial charge < -0.3 is 4.90 Å². The number of hydrogen-bond donors (Lipinski definition) is 0. The molecule has 0 fully saturated rings. The van der Waals surface area contributed by atoms with Crippen molar-refractivity contribution in [3.8, 4) is 0 Å². The second kappa shape index (κ2) is 6.40. The van der Waals surface area contributed by atoms with E-state index < -0.39 is 0 Å². The minimum atomic E-state index is -0.229. The second-order valence-electron chi connectivity index (χ2n) is 4.13. The third-order valence-electron chi connectivity index (χ3n) is 2.93. The Morgan fingerprint density at radius 1 is 1.16 bits per heavy atom. The Balaban J connectivity index is 2.44. The number of hydrogen-bond acceptors (Lipinski definition) is 1. The Kier molecular flexibility index (Phi) is 4.83. The summed E-state index contributed by atoms with van der Waals surface area (Å²) in [4.78, 5) is 2.11. The van der Waals surface area contributed by atoms with Gasteiger partial charge in [0.15, 0.2) is 0 Å². The Labute approximate surface area is 126 Å². The van der Waals surface area contributed by atoms with E-state index in [1.54, 1.807) is 12.1 Å². The molecule has 0 bridgehead atoms. The molecule has 0 saturated heterocycles. The number of anilines is 2. The van der Waals surface area contributed by atoms with Gasteiger partial charge in [-0.25, -0.2) is 4.39 Å². The highest BCUT2D eigenvalue weighted by Gasteiger charge is 2.11. The van der Waals surface area contributed by atoms with Crippen LogP contribution in [0.2, 0.25) is 0 Å². The Hall–Kier alpha value is -1.06. The summed E-state index contributed by atoms with van der Waals surface area (Å²) in [5.74, 6) is 0.208. The van der Waals surface area contributed by atoms with Crippen molar-refractivity contribution < 1.29 is 4.39 Å². The quantitative estimate of drug-likeness (QED) is 0.665. The largest absolute Gasteiger partial charge is 0.342 e. The van der Waals surface area contributed by atoms with Crippen LogP contribution >= 0.6 is 27.5 Å². The van der Waals surface area contributed by atoms with Crippen LogP contribution in [-0.4, -0.2) is 6.54 Å². The molecule has 0 atom stereocenters. The zero-order chi connectivity index (χ0) is 13.8. The zero-order valence-corrected chi connectivity index (χ0v) is 12.9. The number of alkyl halides is 1. The van der Waals surface area contributed by atoms with E-state index >= 15 is 0 Å². The first-order valence-electron chi connectivity index (χ1n) is 6.03. The van der Waals surface area contributed by atoms with Gasteiger partial charge in [-0.3, -0.25) is 0 Å². The van der Waals surface area contributed by atoms with Crippen LogP contribution in [0.4, 0.5) is 15.8 Å². The molecule has 19 heavy (non-hydrogen) atoms. The third kappa shape index (κ3) is 3.28. The lowest BCUT2D eigenvalue weighted by Gasteiger charge is -2.25. The lowest BCUT2D eigenvalue weighted by atomic mass is 10.1. The third-order valence-corrected chi connectivity index (χ3v) is 3.71. The summed E-state index contributed by atoms with van der Waals surface area (Å²) >= 11 is 9.46. The lowest BCUT2D eigenvalue weighted by molar-refractivity contribution is 0.628. The van der Waals surface area contributed by atoms with Gasteiger partial charge in [-0.2, -0.15) is 0 Å². The molecule has 100 valence electrons. The van der Waals surface area contributed by atoms with E-state index in [0.717, 1.165) is 28.0 Å². The van der Waals surface area contributed by atoms with Crippen LogP contribution in [0.5, 0.6) is 0 Å². The van der Waals surface area contributed by atoms with E-state index in [0.29, 0.717) is 5.88 Å². The minimum absolute atomic E-state index is 0.229. The molecular weight excluding hydrogens is 329 g/mol. The fourth-order valence-corrected chi connectivity index (χ4v) is 2.66. The predicted molar refractivity (Wildman–Crippen MR) is 82.8 cm³/mol. The van der Waals surface area contributed by atoms with Crippen molar-refractivity contribution in [1.29, 1.82) is 0 Å². The van der Waals surface area contributed by atoms with Gasteiger partial charge in [0.1, 0.15) is 5.82 Å². The van der Waals surface area contributed by atoms with Gasteiger partial charge in [0.2, 0.25) is 0 Å². The average molecular weight is 343 g/mol. The monoisotopic (exact) mass is 341 g/mol. The van der Waals surface area contributed by atoms with Crippen molar-refractivity contribution >= 4 is 38.9 Å². The summed E-state index contributed by atoms with van der Waals surface area (Å²) in [7, 11) is 0. The first-order chi connectivity index (χ1) is 9.15. The second-order valence-corrected chi connectivity index (χ2v) is 5.31. The number of rotatable bonds is 4.